The number of piperidine rings is 1. The highest BCUT2D eigenvalue weighted by Gasteiger charge is 2.24. The number of hydrogen-bond donors (Lipinski definition) is 1. The van der Waals surface area contributed by atoms with Gasteiger partial charge in [0.1, 0.15) is 12.4 Å². The number of urea groups is 1. The number of halogens is 1. The Morgan fingerprint density at radius 3 is 2.86 bits per heavy atom. The van der Waals surface area contributed by atoms with Gasteiger partial charge in [-0.25, -0.2) is 4.79 Å². The lowest BCUT2D eigenvalue weighted by Gasteiger charge is -2.35. The molecule has 0 bridgehead atoms. The summed E-state index contributed by atoms with van der Waals surface area (Å²) in [6, 6.07) is 8.13. The van der Waals surface area contributed by atoms with Crippen LogP contribution in [0.25, 0.3) is 0 Å². The minimum Gasteiger partial charge on any atom is -0.492 e. The number of carbonyl (C=O) groups excluding carboxylic acids is 1. The Bertz CT molecular complexity index is 450. The van der Waals surface area contributed by atoms with Gasteiger partial charge in [0, 0.05) is 17.1 Å². The lowest BCUT2D eigenvalue weighted by molar-refractivity contribution is 0.147. The van der Waals surface area contributed by atoms with Crippen LogP contribution in [-0.4, -0.2) is 36.7 Å². The molecule has 2 rings (SSSR count). The molecule has 0 saturated carbocycles. The predicted octanol–water partition coefficient (Wildman–Crippen LogP) is 3.80. The van der Waals surface area contributed by atoms with E-state index in [2.05, 4.69) is 28.2 Å². The monoisotopic (exact) mass is 354 g/mol. The SMILES string of the molecule is CCC1CCCCN1C(=O)NCCOc1ccc(Br)cc1. The summed E-state index contributed by atoms with van der Waals surface area (Å²) < 4.78 is 6.62. The Morgan fingerprint density at radius 2 is 2.14 bits per heavy atom. The summed E-state index contributed by atoms with van der Waals surface area (Å²) in [5.41, 5.74) is 0. The number of nitrogens with one attached hydrogen (secondary N) is 1. The van der Waals surface area contributed by atoms with Crippen molar-refractivity contribution in [2.45, 2.75) is 38.6 Å². The van der Waals surface area contributed by atoms with Gasteiger partial charge in [0.15, 0.2) is 0 Å². The summed E-state index contributed by atoms with van der Waals surface area (Å²) in [7, 11) is 0. The molecule has 116 valence electrons. The molecule has 1 aromatic carbocycles. The van der Waals surface area contributed by atoms with Crippen LogP contribution in [0, 0.1) is 0 Å². The summed E-state index contributed by atoms with van der Waals surface area (Å²) in [6.07, 6.45) is 4.50. The van der Waals surface area contributed by atoms with Gasteiger partial charge >= 0.3 is 6.03 Å². The summed E-state index contributed by atoms with van der Waals surface area (Å²) in [5.74, 6) is 0.817. The van der Waals surface area contributed by atoms with Gasteiger partial charge in [-0.1, -0.05) is 22.9 Å². The van der Waals surface area contributed by atoms with Crippen LogP contribution < -0.4 is 10.1 Å². The van der Waals surface area contributed by atoms with Crippen LogP contribution in [0.1, 0.15) is 32.6 Å². The molecular weight excluding hydrogens is 332 g/mol. The molecule has 1 aliphatic rings. The van der Waals surface area contributed by atoms with Crippen LogP contribution in [0.3, 0.4) is 0 Å². The average Bonchev–Trinajstić information content (AvgIpc) is 2.53. The molecule has 0 radical (unpaired) electrons. The number of carbonyl (C=O) groups is 1. The van der Waals surface area contributed by atoms with Crippen LogP contribution in [0.2, 0.25) is 0 Å². The largest absolute Gasteiger partial charge is 0.492 e. The van der Waals surface area contributed by atoms with Crippen molar-refractivity contribution in [1.82, 2.24) is 10.2 Å². The number of likely N-dealkylation sites (tertiary alicyclic amines) is 1. The third-order valence-electron chi connectivity index (χ3n) is 3.82. The number of hydrogen-bond acceptors (Lipinski definition) is 2. The van der Waals surface area contributed by atoms with E-state index in [4.69, 9.17) is 4.74 Å². The summed E-state index contributed by atoms with van der Waals surface area (Å²) in [4.78, 5) is 14.2. The zero-order chi connectivity index (χ0) is 15.1. The second-order valence-electron chi connectivity index (χ2n) is 5.29. The number of nitrogens with zero attached hydrogens (tertiary/aromatic N) is 1. The summed E-state index contributed by atoms with van der Waals surface area (Å²) >= 11 is 3.38. The van der Waals surface area contributed by atoms with Crippen molar-refractivity contribution >= 4 is 22.0 Å². The molecule has 0 aliphatic carbocycles. The van der Waals surface area contributed by atoms with Crippen molar-refractivity contribution in [3.05, 3.63) is 28.7 Å². The van der Waals surface area contributed by atoms with Crippen LogP contribution in [0.4, 0.5) is 4.79 Å². The predicted molar refractivity (Wildman–Crippen MR) is 87.7 cm³/mol. The molecular formula is C16H23BrN2O2. The van der Waals surface area contributed by atoms with E-state index in [-0.39, 0.29) is 6.03 Å². The number of rotatable bonds is 5. The van der Waals surface area contributed by atoms with Crippen molar-refractivity contribution < 1.29 is 9.53 Å². The first-order valence-corrected chi connectivity index (χ1v) is 8.43. The molecule has 0 spiro atoms. The minimum absolute atomic E-state index is 0.0426. The number of amides is 2. The lowest BCUT2D eigenvalue weighted by Crippen LogP contribution is -2.49. The van der Waals surface area contributed by atoms with Gasteiger partial charge in [0.2, 0.25) is 0 Å². The number of benzene rings is 1. The van der Waals surface area contributed by atoms with Crippen molar-refractivity contribution in [1.29, 1.82) is 0 Å². The summed E-state index contributed by atoms with van der Waals surface area (Å²) in [5, 5.41) is 2.95. The molecule has 4 nitrogen and oxygen atoms in total. The Kier molecular flexibility index (Phi) is 6.36. The highest BCUT2D eigenvalue weighted by atomic mass is 79.9. The quantitative estimate of drug-likeness (QED) is 0.817. The molecule has 1 N–H and O–H groups in total. The van der Waals surface area contributed by atoms with E-state index in [1.807, 2.05) is 29.2 Å². The highest BCUT2D eigenvalue weighted by Crippen LogP contribution is 2.19. The van der Waals surface area contributed by atoms with Gasteiger partial charge < -0.3 is 15.0 Å². The molecule has 0 aromatic heterocycles. The molecule has 1 atom stereocenters. The van der Waals surface area contributed by atoms with Crippen LogP contribution in [0.15, 0.2) is 28.7 Å². The Morgan fingerprint density at radius 1 is 1.38 bits per heavy atom. The normalized spacial score (nSPS) is 18.4. The molecule has 1 heterocycles. The second-order valence-corrected chi connectivity index (χ2v) is 6.20. The maximum absolute atomic E-state index is 12.2. The van der Waals surface area contributed by atoms with E-state index in [9.17, 15) is 4.79 Å². The molecule has 1 fully saturated rings. The first-order chi connectivity index (χ1) is 10.2. The van der Waals surface area contributed by atoms with Crippen LogP contribution in [0.5, 0.6) is 5.75 Å². The Balaban J connectivity index is 1.70. The molecule has 1 saturated heterocycles. The first kappa shape index (κ1) is 16.1. The zero-order valence-electron chi connectivity index (χ0n) is 12.5. The number of ether oxygens (including phenoxy) is 1. The van der Waals surface area contributed by atoms with E-state index in [0.717, 1.165) is 36.0 Å². The molecule has 1 aromatic rings. The standard InChI is InChI=1S/C16H23BrN2O2/c1-2-14-5-3-4-11-19(14)16(20)18-10-12-21-15-8-6-13(17)7-9-15/h6-9,14H,2-5,10-12H2,1H3,(H,18,20). The smallest absolute Gasteiger partial charge is 0.317 e. The highest BCUT2D eigenvalue weighted by molar-refractivity contribution is 9.10. The van der Waals surface area contributed by atoms with Gasteiger partial charge in [0.25, 0.3) is 0 Å². The third-order valence-corrected chi connectivity index (χ3v) is 4.35. The van der Waals surface area contributed by atoms with Crippen molar-refractivity contribution in [2.24, 2.45) is 0 Å². The maximum Gasteiger partial charge on any atom is 0.317 e. The van der Waals surface area contributed by atoms with Crippen LogP contribution >= 0.6 is 15.9 Å². The van der Waals surface area contributed by atoms with E-state index >= 15 is 0 Å². The zero-order valence-corrected chi connectivity index (χ0v) is 14.1. The average molecular weight is 355 g/mol. The van der Waals surface area contributed by atoms with Gasteiger partial charge in [-0.15, -0.1) is 0 Å². The van der Waals surface area contributed by atoms with Gasteiger partial charge in [-0.05, 0) is 49.9 Å². The van der Waals surface area contributed by atoms with Gasteiger partial charge in [-0.3, -0.25) is 0 Å². The van der Waals surface area contributed by atoms with Crippen LogP contribution in [-0.2, 0) is 0 Å². The van der Waals surface area contributed by atoms with E-state index in [0.29, 0.717) is 19.2 Å². The fourth-order valence-electron chi connectivity index (χ4n) is 2.65. The van der Waals surface area contributed by atoms with Gasteiger partial charge in [0.05, 0.1) is 6.54 Å². The Labute approximate surface area is 135 Å². The summed E-state index contributed by atoms with van der Waals surface area (Å²) in [6.45, 7) is 4.03. The van der Waals surface area contributed by atoms with Crippen molar-refractivity contribution in [3.8, 4) is 5.75 Å². The molecule has 5 heteroatoms. The minimum atomic E-state index is 0.0426. The first-order valence-electron chi connectivity index (χ1n) is 7.63. The molecule has 2 amide bonds. The molecule has 1 unspecified atom stereocenters. The van der Waals surface area contributed by atoms with E-state index < -0.39 is 0 Å². The second kappa shape index (κ2) is 8.27. The van der Waals surface area contributed by atoms with Crippen molar-refractivity contribution in [3.63, 3.8) is 0 Å². The topological polar surface area (TPSA) is 41.6 Å². The van der Waals surface area contributed by atoms with Gasteiger partial charge in [-0.2, -0.15) is 0 Å². The van der Waals surface area contributed by atoms with Crippen molar-refractivity contribution in [2.75, 3.05) is 19.7 Å². The maximum atomic E-state index is 12.2. The fraction of sp³-hybridized carbons (Fsp3) is 0.562. The fourth-order valence-corrected chi connectivity index (χ4v) is 2.92. The van der Waals surface area contributed by atoms with E-state index in [1.54, 1.807) is 0 Å². The third kappa shape index (κ3) is 4.92. The Hall–Kier alpha value is -1.23. The van der Waals surface area contributed by atoms with E-state index in [1.165, 1.54) is 6.42 Å². The lowest BCUT2D eigenvalue weighted by atomic mass is 10.0. The molecule has 1 aliphatic heterocycles. The molecule has 21 heavy (non-hydrogen) atoms.